The zero-order chi connectivity index (χ0) is 21.7. The van der Waals surface area contributed by atoms with Crippen LogP contribution in [0.3, 0.4) is 0 Å². The van der Waals surface area contributed by atoms with Gasteiger partial charge < -0.3 is 4.74 Å². The largest absolute Gasteiger partial charge is 0.456 e. The van der Waals surface area contributed by atoms with Gasteiger partial charge in [-0.1, -0.05) is 55.8 Å². The summed E-state index contributed by atoms with van der Waals surface area (Å²) in [4.78, 5) is 24.7. The molecule has 0 spiro atoms. The van der Waals surface area contributed by atoms with Crippen LogP contribution in [0.1, 0.15) is 62.3 Å². The molecule has 6 nitrogen and oxygen atoms in total. The zero-order valence-corrected chi connectivity index (χ0v) is 18.1. The lowest BCUT2D eigenvalue weighted by Crippen LogP contribution is -2.24. The number of nitrogens with zero attached hydrogens (tertiary/aromatic N) is 2. The van der Waals surface area contributed by atoms with Gasteiger partial charge in [0, 0.05) is 6.42 Å². The van der Waals surface area contributed by atoms with Crippen molar-refractivity contribution in [2.45, 2.75) is 59.1 Å². The van der Waals surface area contributed by atoms with E-state index in [-0.39, 0.29) is 11.7 Å². The first-order chi connectivity index (χ1) is 14.3. The summed E-state index contributed by atoms with van der Waals surface area (Å²) in [5.41, 5.74) is 2.53. The molecule has 2 aromatic carbocycles. The van der Waals surface area contributed by atoms with Crippen LogP contribution >= 0.6 is 0 Å². The summed E-state index contributed by atoms with van der Waals surface area (Å²) >= 11 is 0. The fourth-order valence-corrected chi connectivity index (χ4v) is 3.26. The number of carbonyl (C=O) groups is 1. The van der Waals surface area contributed by atoms with Crippen LogP contribution in [0.4, 0.5) is 0 Å². The normalized spacial score (nSPS) is 11.5. The van der Waals surface area contributed by atoms with Gasteiger partial charge in [0.1, 0.15) is 11.4 Å². The van der Waals surface area contributed by atoms with Crippen LogP contribution in [0.15, 0.2) is 53.3 Å². The first kappa shape index (κ1) is 21.6. The summed E-state index contributed by atoms with van der Waals surface area (Å²) < 4.78 is 7.23. The highest BCUT2D eigenvalue weighted by Gasteiger charge is 2.20. The molecular formula is C24H29N3O3. The molecule has 1 N–H and O–H groups in total. The first-order valence-electron chi connectivity index (χ1n) is 10.3. The lowest BCUT2D eigenvalue weighted by atomic mass is 9.98. The number of aryl methyl sites for hydroxylation is 1. The Kier molecular flexibility index (Phi) is 6.55. The van der Waals surface area contributed by atoms with Gasteiger partial charge >= 0.3 is 11.7 Å². The highest BCUT2D eigenvalue weighted by molar-refractivity contribution is 5.97. The highest BCUT2D eigenvalue weighted by atomic mass is 16.6. The molecule has 0 aliphatic rings. The summed E-state index contributed by atoms with van der Waals surface area (Å²) in [7, 11) is 0. The fourth-order valence-electron chi connectivity index (χ4n) is 3.26. The number of esters is 1. The maximum atomic E-state index is 12.6. The molecule has 0 radical (unpaired) electrons. The van der Waals surface area contributed by atoms with Crippen molar-refractivity contribution in [3.05, 3.63) is 76.0 Å². The van der Waals surface area contributed by atoms with E-state index in [1.807, 2.05) is 63.2 Å². The first-order valence-corrected chi connectivity index (χ1v) is 10.3. The van der Waals surface area contributed by atoms with Crippen LogP contribution in [-0.4, -0.2) is 26.3 Å². The van der Waals surface area contributed by atoms with Gasteiger partial charge in [-0.25, -0.2) is 14.7 Å². The van der Waals surface area contributed by atoms with Gasteiger partial charge in [0.15, 0.2) is 0 Å². The molecule has 158 valence electrons. The van der Waals surface area contributed by atoms with E-state index in [2.05, 4.69) is 17.1 Å². The van der Waals surface area contributed by atoms with E-state index >= 15 is 0 Å². The molecule has 30 heavy (non-hydrogen) atoms. The van der Waals surface area contributed by atoms with Crippen LogP contribution in [0.5, 0.6) is 0 Å². The van der Waals surface area contributed by atoms with Gasteiger partial charge in [-0.3, -0.25) is 4.57 Å². The number of rotatable bonds is 7. The summed E-state index contributed by atoms with van der Waals surface area (Å²) in [6, 6.07) is 15.3. The van der Waals surface area contributed by atoms with E-state index in [9.17, 15) is 9.59 Å². The quantitative estimate of drug-likeness (QED) is 0.582. The number of aromatic amines is 1. The second kappa shape index (κ2) is 9.11. The molecule has 0 aliphatic carbocycles. The molecule has 0 amide bonds. The molecule has 6 heteroatoms. The molecule has 0 atom stereocenters. The van der Waals surface area contributed by atoms with Crippen molar-refractivity contribution in [1.29, 1.82) is 0 Å². The average molecular weight is 408 g/mol. The second-order valence-electron chi connectivity index (χ2n) is 8.38. The molecule has 3 rings (SSSR count). The summed E-state index contributed by atoms with van der Waals surface area (Å²) in [6.45, 7) is 8.14. The molecule has 0 bridgehead atoms. The number of nitrogens with one attached hydrogen (secondary N) is 1. The Labute approximate surface area is 176 Å². The van der Waals surface area contributed by atoms with Gasteiger partial charge in [-0.15, -0.1) is 0 Å². The number of hydrogen-bond donors (Lipinski definition) is 1. The van der Waals surface area contributed by atoms with Crippen LogP contribution in [0, 0.1) is 0 Å². The van der Waals surface area contributed by atoms with Crippen molar-refractivity contribution in [1.82, 2.24) is 14.8 Å². The standard InChI is InChI=1S/C24H29N3O3/c1-5-6-11-21-25-26-23(29)27(21)16-17-12-14-18(15-13-17)19-9-7-8-10-20(19)22(28)30-24(2,3)4/h7-10,12-15H,5-6,11,16H2,1-4H3,(H,26,29). The van der Waals surface area contributed by atoms with Crippen molar-refractivity contribution in [2.75, 3.05) is 0 Å². The molecule has 0 saturated heterocycles. The van der Waals surface area contributed by atoms with Gasteiger partial charge in [0.25, 0.3) is 0 Å². The Morgan fingerprint density at radius 2 is 1.80 bits per heavy atom. The van der Waals surface area contributed by atoms with E-state index in [0.717, 1.165) is 41.8 Å². The monoisotopic (exact) mass is 407 g/mol. The van der Waals surface area contributed by atoms with Crippen molar-refractivity contribution >= 4 is 5.97 Å². The highest BCUT2D eigenvalue weighted by Crippen LogP contribution is 2.26. The third-order valence-corrected chi connectivity index (χ3v) is 4.74. The van der Waals surface area contributed by atoms with Gasteiger partial charge in [-0.2, -0.15) is 5.10 Å². The minimum Gasteiger partial charge on any atom is -0.456 e. The lowest BCUT2D eigenvalue weighted by molar-refractivity contribution is 0.00704. The third-order valence-electron chi connectivity index (χ3n) is 4.74. The van der Waals surface area contributed by atoms with Gasteiger partial charge in [0.2, 0.25) is 0 Å². The van der Waals surface area contributed by atoms with E-state index in [1.165, 1.54) is 0 Å². The predicted octanol–water partition coefficient (Wildman–Crippen LogP) is 4.58. The molecule has 0 unspecified atom stereocenters. The van der Waals surface area contributed by atoms with Crippen molar-refractivity contribution < 1.29 is 9.53 Å². The van der Waals surface area contributed by atoms with E-state index in [0.29, 0.717) is 12.1 Å². The van der Waals surface area contributed by atoms with E-state index < -0.39 is 5.60 Å². The summed E-state index contributed by atoms with van der Waals surface area (Å²) in [5.74, 6) is 0.439. The number of benzene rings is 2. The molecule has 1 aromatic heterocycles. The van der Waals surface area contributed by atoms with Crippen molar-refractivity contribution in [2.24, 2.45) is 0 Å². The summed E-state index contributed by atoms with van der Waals surface area (Å²) in [6.07, 6.45) is 2.81. The van der Waals surface area contributed by atoms with Crippen LogP contribution in [0.2, 0.25) is 0 Å². The third kappa shape index (κ3) is 5.26. The fraction of sp³-hybridized carbons (Fsp3) is 0.375. The Hall–Kier alpha value is -3.15. The number of unbranched alkanes of at least 4 members (excludes halogenated alkanes) is 1. The Morgan fingerprint density at radius 3 is 2.47 bits per heavy atom. The Morgan fingerprint density at radius 1 is 1.10 bits per heavy atom. The smallest absolute Gasteiger partial charge is 0.343 e. The molecule has 1 heterocycles. The second-order valence-corrected chi connectivity index (χ2v) is 8.38. The van der Waals surface area contributed by atoms with E-state index in [1.54, 1.807) is 10.6 Å². The van der Waals surface area contributed by atoms with Gasteiger partial charge in [0.05, 0.1) is 12.1 Å². The molecular weight excluding hydrogens is 378 g/mol. The van der Waals surface area contributed by atoms with Crippen molar-refractivity contribution in [3.63, 3.8) is 0 Å². The van der Waals surface area contributed by atoms with Crippen LogP contribution in [-0.2, 0) is 17.7 Å². The maximum absolute atomic E-state index is 12.6. The van der Waals surface area contributed by atoms with Crippen molar-refractivity contribution in [3.8, 4) is 11.1 Å². The number of hydrogen-bond acceptors (Lipinski definition) is 4. The molecule has 3 aromatic rings. The molecule has 0 fully saturated rings. The number of ether oxygens (including phenoxy) is 1. The topological polar surface area (TPSA) is 77.0 Å². The summed E-state index contributed by atoms with van der Waals surface area (Å²) in [5, 5.41) is 6.70. The van der Waals surface area contributed by atoms with Crippen LogP contribution < -0.4 is 5.69 Å². The Bertz CT molecular complexity index is 1060. The lowest BCUT2D eigenvalue weighted by Gasteiger charge is -2.20. The minimum absolute atomic E-state index is 0.194. The van der Waals surface area contributed by atoms with Crippen LogP contribution in [0.25, 0.3) is 11.1 Å². The number of aromatic nitrogens is 3. The minimum atomic E-state index is -0.554. The predicted molar refractivity (Wildman–Crippen MR) is 118 cm³/mol. The number of H-pyrrole nitrogens is 1. The average Bonchev–Trinajstić information content (AvgIpc) is 3.05. The maximum Gasteiger partial charge on any atom is 0.343 e. The molecule has 0 aliphatic heterocycles. The van der Waals surface area contributed by atoms with Gasteiger partial charge in [-0.05, 0) is 49.9 Å². The SMILES string of the molecule is CCCCc1n[nH]c(=O)n1Cc1ccc(-c2ccccc2C(=O)OC(C)(C)C)cc1. The van der Waals surface area contributed by atoms with E-state index in [4.69, 9.17) is 4.74 Å². The Balaban J connectivity index is 1.83. The number of carbonyl (C=O) groups excluding carboxylic acids is 1. The zero-order valence-electron chi connectivity index (χ0n) is 18.1. The molecule has 0 saturated carbocycles.